The Bertz CT molecular complexity index is 593. The second-order valence-electron chi connectivity index (χ2n) is 4.39. The van der Waals surface area contributed by atoms with Crippen molar-refractivity contribution in [2.45, 2.75) is 6.92 Å². The van der Waals surface area contributed by atoms with Crippen LogP contribution in [0, 0.1) is 6.92 Å². The molecule has 0 radical (unpaired) electrons. The lowest BCUT2D eigenvalue weighted by molar-refractivity contribution is 0.112. The fourth-order valence-corrected chi connectivity index (χ4v) is 2.16. The van der Waals surface area contributed by atoms with Crippen molar-refractivity contribution in [3.8, 4) is 5.75 Å². The highest BCUT2D eigenvalue weighted by atomic mass is 16.5. The van der Waals surface area contributed by atoms with Crippen molar-refractivity contribution in [1.82, 2.24) is 0 Å². The first-order chi connectivity index (χ1) is 9.17. The minimum Gasteiger partial charge on any atom is -0.495 e. The van der Waals surface area contributed by atoms with Gasteiger partial charge in [0.15, 0.2) is 0 Å². The second kappa shape index (κ2) is 5.57. The Morgan fingerprint density at radius 3 is 2.47 bits per heavy atom. The Balaban J connectivity index is 2.43. The average Bonchev–Trinajstić information content (AvgIpc) is 2.46. The van der Waals surface area contributed by atoms with Crippen molar-refractivity contribution in [2.24, 2.45) is 0 Å². The average molecular weight is 255 g/mol. The van der Waals surface area contributed by atoms with E-state index in [0.29, 0.717) is 5.56 Å². The first kappa shape index (κ1) is 13.1. The van der Waals surface area contributed by atoms with Crippen LogP contribution in [-0.4, -0.2) is 20.4 Å². The number of hydrogen-bond acceptors (Lipinski definition) is 3. The molecule has 0 spiro atoms. The number of nitrogens with zero attached hydrogens (tertiary/aromatic N) is 1. The number of carbonyl (C=O) groups excluding carboxylic acids is 1. The van der Waals surface area contributed by atoms with Crippen molar-refractivity contribution in [3.05, 3.63) is 53.6 Å². The van der Waals surface area contributed by atoms with Gasteiger partial charge in [0.2, 0.25) is 0 Å². The zero-order valence-electron chi connectivity index (χ0n) is 11.4. The van der Waals surface area contributed by atoms with Crippen LogP contribution in [0.15, 0.2) is 42.5 Å². The summed E-state index contributed by atoms with van der Waals surface area (Å²) in [6.07, 6.45) is 0.861. The number of aryl methyl sites for hydroxylation is 1. The summed E-state index contributed by atoms with van der Waals surface area (Å²) in [5, 5.41) is 0. The molecule has 0 aliphatic rings. The zero-order valence-corrected chi connectivity index (χ0v) is 11.4. The third kappa shape index (κ3) is 2.60. The molecule has 0 N–H and O–H groups in total. The molecular formula is C16H17NO2. The highest BCUT2D eigenvalue weighted by molar-refractivity contribution is 5.78. The molecule has 3 heteroatoms. The van der Waals surface area contributed by atoms with Crippen molar-refractivity contribution >= 4 is 17.7 Å². The number of methoxy groups -OCH3 is 1. The van der Waals surface area contributed by atoms with Gasteiger partial charge < -0.3 is 9.64 Å². The van der Waals surface area contributed by atoms with Crippen LogP contribution in [-0.2, 0) is 0 Å². The SMILES string of the molecule is COc1ccccc1N(C)c1ccc(C=O)cc1C. The van der Waals surface area contributed by atoms with Gasteiger partial charge in [-0.3, -0.25) is 4.79 Å². The van der Waals surface area contributed by atoms with Crippen LogP contribution in [0.1, 0.15) is 15.9 Å². The lowest BCUT2D eigenvalue weighted by atomic mass is 10.1. The van der Waals surface area contributed by atoms with Crippen molar-refractivity contribution < 1.29 is 9.53 Å². The molecule has 0 bridgehead atoms. The summed E-state index contributed by atoms with van der Waals surface area (Å²) < 4.78 is 5.37. The second-order valence-corrected chi connectivity index (χ2v) is 4.39. The number of aldehydes is 1. The van der Waals surface area contributed by atoms with Gasteiger partial charge in [-0.15, -0.1) is 0 Å². The van der Waals surface area contributed by atoms with Crippen LogP contribution in [0.5, 0.6) is 5.75 Å². The third-order valence-electron chi connectivity index (χ3n) is 3.16. The highest BCUT2D eigenvalue weighted by Gasteiger charge is 2.11. The van der Waals surface area contributed by atoms with Gasteiger partial charge >= 0.3 is 0 Å². The van der Waals surface area contributed by atoms with E-state index in [0.717, 1.165) is 29.0 Å². The largest absolute Gasteiger partial charge is 0.495 e. The molecule has 0 aliphatic carbocycles. The van der Waals surface area contributed by atoms with Crippen LogP contribution < -0.4 is 9.64 Å². The van der Waals surface area contributed by atoms with Crippen molar-refractivity contribution in [2.75, 3.05) is 19.1 Å². The topological polar surface area (TPSA) is 29.5 Å². The number of hydrogen-bond donors (Lipinski definition) is 0. The van der Waals surface area contributed by atoms with E-state index in [4.69, 9.17) is 4.74 Å². The number of anilines is 2. The fraction of sp³-hybridized carbons (Fsp3) is 0.188. The van der Waals surface area contributed by atoms with Gasteiger partial charge in [0.25, 0.3) is 0 Å². The van der Waals surface area contributed by atoms with E-state index in [-0.39, 0.29) is 0 Å². The summed E-state index contributed by atoms with van der Waals surface area (Å²) in [5.74, 6) is 0.823. The number of ether oxygens (including phenoxy) is 1. The van der Waals surface area contributed by atoms with Crippen LogP contribution in [0.25, 0.3) is 0 Å². The maximum absolute atomic E-state index is 10.8. The molecule has 0 fully saturated rings. The number of benzene rings is 2. The van der Waals surface area contributed by atoms with Gasteiger partial charge in [-0.2, -0.15) is 0 Å². The third-order valence-corrected chi connectivity index (χ3v) is 3.16. The Hall–Kier alpha value is -2.29. The summed E-state index contributed by atoms with van der Waals surface area (Å²) in [5.41, 5.74) is 3.79. The molecular weight excluding hydrogens is 238 g/mol. The number of carbonyl (C=O) groups is 1. The molecule has 0 atom stereocenters. The molecule has 2 aromatic carbocycles. The predicted molar refractivity (Wildman–Crippen MR) is 77.6 cm³/mol. The van der Waals surface area contributed by atoms with E-state index in [1.807, 2.05) is 56.4 Å². The monoisotopic (exact) mass is 255 g/mol. The fourth-order valence-electron chi connectivity index (χ4n) is 2.16. The van der Waals surface area contributed by atoms with E-state index >= 15 is 0 Å². The van der Waals surface area contributed by atoms with Crippen LogP contribution in [0.4, 0.5) is 11.4 Å². The molecule has 3 nitrogen and oxygen atoms in total. The zero-order chi connectivity index (χ0) is 13.8. The quantitative estimate of drug-likeness (QED) is 0.782. The van der Waals surface area contributed by atoms with Gasteiger partial charge in [-0.1, -0.05) is 12.1 Å². The first-order valence-electron chi connectivity index (χ1n) is 6.10. The molecule has 0 heterocycles. The van der Waals surface area contributed by atoms with E-state index in [1.54, 1.807) is 7.11 Å². The summed E-state index contributed by atoms with van der Waals surface area (Å²) in [6.45, 7) is 1.99. The van der Waals surface area contributed by atoms with Gasteiger partial charge in [-0.05, 0) is 42.8 Å². The van der Waals surface area contributed by atoms with E-state index in [1.165, 1.54) is 0 Å². The number of rotatable bonds is 4. The van der Waals surface area contributed by atoms with Gasteiger partial charge in [0.1, 0.15) is 12.0 Å². The lowest BCUT2D eigenvalue weighted by Crippen LogP contribution is -2.12. The van der Waals surface area contributed by atoms with Gasteiger partial charge in [0, 0.05) is 18.3 Å². The molecule has 19 heavy (non-hydrogen) atoms. The Morgan fingerprint density at radius 2 is 1.84 bits per heavy atom. The maximum Gasteiger partial charge on any atom is 0.150 e. The molecule has 98 valence electrons. The molecule has 2 rings (SSSR count). The van der Waals surface area contributed by atoms with Gasteiger partial charge in [0.05, 0.1) is 12.8 Å². The molecule has 0 aliphatic heterocycles. The normalized spacial score (nSPS) is 10.1. The van der Waals surface area contributed by atoms with Crippen LogP contribution in [0.2, 0.25) is 0 Å². The van der Waals surface area contributed by atoms with E-state index in [2.05, 4.69) is 4.90 Å². The number of para-hydroxylation sites is 2. The summed E-state index contributed by atoms with van der Waals surface area (Å²) >= 11 is 0. The van der Waals surface area contributed by atoms with Gasteiger partial charge in [-0.25, -0.2) is 0 Å². The van der Waals surface area contributed by atoms with Crippen LogP contribution in [0.3, 0.4) is 0 Å². The summed E-state index contributed by atoms with van der Waals surface area (Å²) in [4.78, 5) is 12.8. The Kier molecular flexibility index (Phi) is 3.85. The summed E-state index contributed by atoms with van der Waals surface area (Å²) in [7, 11) is 3.65. The predicted octanol–water partition coefficient (Wildman–Crippen LogP) is 3.58. The minimum absolute atomic E-state index is 0.690. The first-order valence-corrected chi connectivity index (χ1v) is 6.10. The highest BCUT2D eigenvalue weighted by Crippen LogP contribution is 2.33. The van der Waals surface area contributed by atoms with Crippen LogP contribution >= 0.6 is 0 Å². The molecule has 2 aromatic rings. The minimum atomic E-state index is 0.690. The standard InChI is InChI=1S/C16H17NO2/c1-12-10-13(11-18)8-9-14(12)17(2)15-6-4-5-7-16(15)19-3/h4-11H,1-3H3. The Labute approximate surface area is 113 Å². The maximum atomic E-state index is 10.8. The molecule has 0 saturated carbocycles. The molecule has 0 amide bonds. The lowest BCUT2D eigenvalue weighted by Gasteiger charge is -2.23. The van der Waals surface area contributed by atoms with E-state index < -0.39 is 0 Å². The van der Waals surface area contributed by atoms with Crippen molar-refractivity contribution in [1.29, 1.82) is 0 Å². The molecule has 0 unspecified atom stereocenters. The molecule has 0 aromatic heterocycles. The van der Waals surface area contributed by atoms with E-state index in [9.17, 15) is 4.79 Å². The molecule has 0 saturated heterocycles. The van der Waals surface area contributed by atoms with Crippen molar-refractivity contribution in [3.63, 3.8) is 0 Å². The smallest absolute Gasteiger partial charge is 0.150 e. The Morgan fingerprint density at radius 1 is 1.11 bits per heavy atom. The summed E-state index contributed by atoms with van der Waals surface area (Å²) in [6, 6.07) is 13.5.